The van der Waals surface area contributed by atoms with Crippen LogP contribution in [0.5, 0.6) is 0 Å². The number of ether oxygens (including phenoxy) is 1. The predicted molar refractivity (Wildman–Crippen MR) is 72.4 cm³/mol. The van der Waals surface area contributed by atoms with Crippen molar-refractivity contribution in [3.05, 3.63) is 0 Å². The summed E-state index contributed by atoms with van der Waals surface area (Å²) in [5, 5.41) is 3.26. The number of nitrogens with one attached hydrogen (secondary N) is 1. The molecule has 0 aromatic carbocycles. The lowest BCUT2D eigenvalue weighted by Crippen LogP contribution is -2.54. The highest BCUT2D eigenvalue weighted by Crippen LogP contribution is 2.08. The van der Waals surface area contributed by atoms with Gasteiger partial charge in [0.05, 0.1) is 6.61 Å². The highest BCUT2D eigenvalue weighted by atomic mass is 16.5. The van der Waals surface area contributed by atoms with Gasteiger partial charge in [0.25, 0.3) is 0 Å². The zero-order valence-electron chi connectivity index (χ0n) is 11.9. The molecule has 1 atom stereocenters. The fourth-order valence-electron chi connectivity index (χ4n) is 2.55. The zero-order chi connectivity index (χ0) is 12.7. The van der Waals surface area contributed by atoms with E-state index in [4.69, 9.17) is 4.74 Å². The Bertz CT molecular complexity index is 185. The molecule has 102 valence electrons. The quantitative estimate of drug-likeness (QED) is 0.704. The number of likely N-dealkylation sites (N-methyl/N-ethyl adjacent to an activating group) is 1. The molecular formula is C13H29N3O. The highest BCUT2D eigenvalue weighted by molar-refractivity contribution is 4.80. The first-order valence-corrected chi connectivity index (χ1v) is 6.77. The van der Waals surface area contributed by atoms with Crippen LogP contribution in [0.4, 0.5) is 0 Å². The summed E-state index contributed by atoms with van der Waals surface area (Å²) < 4.78 is 5.31. The third-order valence-corrected chi connectivity index (χ3v) is 3.35. The topological polar surface area (TPSA) is 27.7 Å². The molecule has 0 amide bonds. The van der Waals surface area contributed by atoms with Crippen molar-refractivity contribution in [2.45, 2.75) is 19.9 Å². The summed E-state index contributed by atoms with van der Waals surface area (Å²) in [6.07, 6.45) is 0. The molecule has 17 heavy (non-hydrogen) atoms. The minimum absolute atomic E-state index is 0.520. The van der Waals surface area contributed by atoms with E-state index in [0.717, 1.165) is 19.1 Å². The Labute approximate surface area is 106 Å². The summed E-state index contributed by atoms with van der Waals surface area (Å²) in [6.45, 7) is 12.4. The van der Waals surface area contributed by atoms with Gasteiger partial charge in [0.15, 0.2) is 0 Å². The lowest BCUT2D eigenvalue weighted by molar-refractivity contribution is 0.0471. The minimum atomic E-state index is 0.520. The van der Waals surface area contributed by atoms with Crippen LogP contribution in [0.3, 0.4) is 0 Å². The van der Waals surface area contributed by atoms with E-state index in [0.29, 0.717) is 6.04 Å². The van der Waals surface area contributed by atoms with Crippen LogP contribution >= 0.6 is 0 Å². The Morgan fingerprint density at radius 1 is 1.18 bits per heavy atom. The second-order valence-electron chi connectivity index (χ2n) is 5.40. The second kappa shape index (κ2) is 8.03. The SMILES string of the molecule is CNCC(COC)N1CCN(CC(C)C)CC1. The van der Waals surface area contributed by atoms with Crippen LogP contribution < -0.4 is 5.32 Å². The normalized spacial score (nSPS) is 21.0. The fraction of sp³-hybridized carbons (Fsp3) is 1.00. The predicted octanol–water partition coefficient (Wildman–Crippen LogP) is 0.494. The fourth-order valence-corrected chi connectivity index (χ4v) is 2.55. The van der Waals surface area contributed by atoms with Gasteiger partial charge in [-0.25, -0.2) is 0 Å². The van der Waals surface area contributed by atoms with Crippen LogP contribution in [0.1, 0.15) is 13.8 Å². The van der Waals surface area contributed by atoms with Crippen molar-refractivity contribution < 1.29 is 4.74 Å². The van der Waals surface area contributed by atoms with E-state index in [2.05, 4.69) is 29.0 Å². The first-order chi connectivity index (χ1) is 8.17. The van der Waals surface area contributed by atoms with Crippen molar-refractivity contribution >= 4 is 0 Å². The van der Waals surface area contributed by atoms with Crippen molar-refractivity contribution in [3.63, 3.8) is 0 Å². The molecule has 0 aromatic heterocycles. The van der Waals surface area contributed by atoms with Crippen LogP contribution in [0.25, 0.3) is 0 Å². The van der Waals surface area contributed by atoms with Gasteiger partial charge >= 0.3 is 0 Å². The molecule has 1 heterocycles. The number of piperazine rings is 1. The molecule has 0 saturated carbocycles. The molecule has 0 aromatic rings. The van der Waals surface area contributed by atoms with E-state index in [1.165, 1.54) is 32.7 Å². The molecule has 1 saturated heterocycles. The third kappa shape index (κ3) is 5.34. The highest BCUT2D eigenvalue weighted by Gasteiger charge is 2.23. The maximum Gasteiger partial charge on any atom is 0.0630 e. The van der Waals surface area contributed by atoms with E-state index in [-0.39, 0.29) is 0 Å². The molecular weight excluding hydrogens is 214 g/mol. The number of hydrogen-bond acceptors (Lipinski definition) is 4. The van der Waals surface area contributed by atoms with Crippen molar-refractivity contribution in [2.24, 2.45) is 5.92 Å². The lowest BCUT2D eigenvalue weighted by Gasteiger charge is -2.39. The van der Waals surface area contributed by atoms with E-state index in [1.807, 2.05) is 7.05 Å². The van der Waals surface area contributed by atoms with Gasteiger partial charge in [0.1, 0.15) is 0 Å². The smallest absolute Gasteiger partial charge is 0.0630 e. The molecule has 1 aliphatic rings. The Hall–Kier alpha value is -0.160. The standard InChI is InChI=1S/C13H29N3O/c1-12(2)10-15-5-7-16(8-6-15)13(9-14-3)11-17-4/h12-14H,5-11H2,1-4H3. The summed E-state index contributed by atoms with van der Waals surface area (Å²) >= 11 is 0. The summed E-state index contributed by atoms with van der Waals surface area (Å²) in [5.41, 5.74) is 0. The van der Waals surface area contributed by atoms with E-state index < -0.39 is 0 Å². The molecule has 1 aliphatic heterocycles. The molecule has 1 rings (SSSR count). The molecule has 1 fully saturated rings. The number of rotatable bonds is 7. The number of hydrogen-bond donors (Lipinski definition) is 1. The van der Waals surface area contributed by atoms with Crippen molar-refractivity contribution in [2.75, 3.05) is 60.0 Å². The first kappa shape index (κ1) is 14.9. The summed E-state index contributed by atoms with van der Waals surface area (Å²) in [6, 6.07) is 0.520. The molecule has 1 unspecified atom stereocenters. The molecule has 0 aliphatic carbocycles. The molecule has 0 spiro atoms. The monoisotopic (exact) mass is 243 g/mol. The molecule has 4 nitrogen and oxygen atoms in total. The minimum Gasteiger partial charge on any atom is -0.383 e. The van der Waals surface area contributed by atoms with E-state index in [1.54, 1.807) is 7.11 Å². The van der Waals surface area contributed by atoms with Gasteiger partial charge in [-0.05, 0) is 13.0 Å². The maximum absolute atomic E-state index is 5.31. The van der Waals surface area contributed by atoms with Crippen LogP contribution in [-0.2, 0) is 4.74 Å². The van der Waals surface area contributed by atoms with E-state index in [9.17, 15) is 0 Å². The van der Waals surface area contributed by atoms with Crippen LogP contribution in [-0.4, -0.2) is 75.9 Å². The Morgan fingerprint density at radius 3 is 2.29 bits per heavy atom. The Balaban J connectivity index is 2.32. The van der Waals surface area contributed by atoms with Gasteiger partial charge in [-0.3, -0.25) is 4.90 Å². The lowest BCUT2D eigenvalue weighted by atomic mass is 10.1. The largest absolute Gasteiger partial charge is 0.383 e. The average molecular weight is 243 g/mol. The summed E-state index contributed by atoms with van der Waals surface area (Å²) in [7, 11) is 3.80. The van der Waals surface area contributed by atoms with Gasteiger partial charge in [0.2, 0.25) is 0 Å². The molecule has 0 bridgehead atoms. The van der Waals surface area contributed by atoms with Gasteiger partial charge < -0.3 is 15.0 Å². The zero-order valence-corrected chi connectivity index (χ0v) is 11.9. The van der Waals surface area contributed by atoms with Crippen LogP contribution in [0.2, 0.25) is 0 Å². The molecule has 0 radical (unpaired) electrons. The number of nitrogens with zero attached hydrogens (tertiary/aromatic N) is 2. The van der Waals surface area contributed by atoms with Gasteiger partial charge in [-0.2, -0.15) is 0 Å². The van der Waals surface area contributed by atoms with Crippen LogP contribution in [0, 0.1) is 5.92 Å². The van der Waals surface area contributed by atoms with Gasteiger partial charge in [-0.1, -0.05) is 13.8 Å². The van der Waals surface area contributed by atoms with Crippen molar-refractivity contribution in [1.29, 1.82) is 0 Å². The van der Waals surface area contributed by atoms with Gasteiger partial charge in [0, 0.05) is 52.4 Å². The van der Waals surface area contributed by atoms with Crippen molar-refractivity contribution in [3.8, 4) is 0 Å². The van der Waals surface area contributed by atoms with Crippen molar-refractivity contribution in [1.82, 2.24) is 15.1 Å². The van der Waals surface area contributed by atoms with Crippen LogP contribution in [0.15, 0.2) is 0 Å². The Morgan fingerprint density at radius 2 is 1.82 bits per heavy atom. The number of methoxy groups -OCH3 is 1. The first-order valence-electron chi connectivity index (χ1n) is 6.77. The average Bonchev–Trinajstić information content (AvgIpc) is 2.29. The molecule has 4 heteroatoms. The van der Waals surface area contributed by atoms with Gasteiger partial charge in [-0.15, -0.1) is 0 Å². The van der Waals surface area contributed by atoms with E-state index >= 15 is 0 Å². The Kier molecular flexibility index (Phi) is 7.04. The summed E-state index contributed by atoms with van der Waals surface area (Å²) in [4.78, 5) is 5.13. The second-order valence-corrected chi connectivity index (χ2v) is 5.40. The summed E-state index contributed by atoms with van der Waals surface area (Å²) in [5.74, 6) is 0.772. The molecule has 1 N–H and O–H groups in total. The maximum atomic E-state index is 5.31. The third-order valence-electron chi connectivity index (χ3n) is 3.35.